The fourth-order valence-electron chi connectivity index (χ4n) is 3.61. The van der Waals surface area contributed by atoms with E-state index in [0.29, 0.717) is 5.92 Å². The Morgan fingerprint density at radius 1 is 1.00 bits per heavy atom. The number of halogens is 6. The molecule has 10 nitrogen and oxygen atoms in total. The van der Waals surface area contributed by atoms with Crippen molar-refractivity contribution in [1.29, 1.82) is 0 Å². The lowest BCUT2D eigenvalue weighted by Crippen LogP contribution is -2.32. The number of rotatable bonds is 3. The molecule has 36 heavy (non-hydrogen) atoms. The molecule has 2 aliphatic heterocycles. The molecule has 0 aromatic carbocycles. The lowest BCUT2D eigenvalue weighted by molar-refractivity contribution is -0.193. The zero-order chi connectivity index (χ0) is 27.3. The molecule has 0 saturated carbocycles. The van der Waals surface area contributed by atoms with Crippen molar-refractivity contribution >= 4 is 23.5 Å². The van der Waals surface area contributed by atoms with Crippen LogP contribution in [-0.2, 0) is 28.0 Å². The maximum atomic E-state index is 12.6. The molecule has 4 rings (SSSR count). The molecule has 1 amide bonds. The van der Waals surface area contributed by atoms with Crippen LogP contribution >= 0.6 is 0 Å². The molecule has 2 atom stereocenters. The van der Waals surface area contributed by atoms with E-state index < -0.39 is 24.3 Å². The van der Waals surface area contributed by atoms with Gasteiger partial charge in [0.1, 0.15) is 0 Å². The number of amides is 1. The Hall–Kier alpha value is -3.69. The first kappa shape index (κ1) is 28.5. The molecule has 0 radical (unpaired) electrons. The van der Waals surface area contributed by atoms with E-state index in [9.17, 15) is 31.1 Å². The van der Waals surface area contributed by atoms with E-state index in [-0.39, 0.29) is 11.8 Å². The average molecular weight is 525 g/mol. The van der Waals surface area contributed by atoms with Gasteiger partial charge in [0, 0.05) is 57.7 Å². The minimum absolute atomic E-state index is 0.127. The number of carboxylic acids is 2. The Labute approximate surface area is 199 Å². The van der Waals surface area contributed by atoms with E-state index in [1.165, 1.54) is 5.56 Å². The highest BCUT2D eigenvalue weighted by Crippen LogP contribution is 2.35. The number of hydrogen-bond acceptors (Lipinski definition) is 6. The minimum atomic E-state index is -5.08. The molecule has 2 saturated heterocycles. The first-order chi connectivity index (χ1) is 16.6. The summed E-state index contributed by atoms with van der Waals surface area (Å²) in [4.78, 5) is 38.8. The Morgan fingerprint density at radius 2 is 1.53 bits per heavy atom. The molecule has 0 spiro atoms. The maximum Gasteiger partial charge on any atom is 0.490 e. The van der Waals surface area contributed by atoms with E-state index in [4.69, 9.17) is 19.8 Å². The summed E-state index contributed by atoms with van der Waals surface area (Å²) >= 11 is 0. The number of aromatic nitrogens is 3. The van der Waals surface area contributed by atoms with E-state index in [1.807, 2.05) is 42.7 Å². The fraction of sp³-hybridized carbons (Fsp3) is 0.450. The number of aliphatic carboxylic acids is 2. The maximum absolute atomic E-state index is 12.6. The van der Waals surface area contributed by atoms with E-state index in [2.05, 4.69) is 15.0 Å². The van der Waals surface area contributed by atoms with Crippen molar-refractivity contribution < 1.29 is 50.9 Å². The van der Waals surface area contributed by atoms with Gasteiger partial charge in [-0.3, -0.25) is 19.4 Å². The van der Waals surface area contributed by atoms with Crippen LogP contribution in [0.3, 0.4) is 0 Å². The molecule has 2 aliphatic rings. The molecule has 2 aromatic rings. The molecular weight excluding hydrogens is 504 g/mol. The number of anilines is 1. The number of nitrogens with zero attached hydrogens (tertiary/aromatic N) is 5. The Kier molecular flexibility index (Phi) is 9.01. The summed E-state index contributed by atoms with van der Waals surface area (Å²) in [6.45, 7) is 3.54. The summed E-state index contributed by atoms with van der Waals surface area (Å²) in [6.07, 6.45) is -2.84. The molecule has 2 fully saturated rings. The van der Waals surface area contributed by atoms with Crippen LogP contribution < -0.4 is 4.90 Å². The second-order valence-electron chi connectivity index (χ2n) is 7.84. The summed E-state index contributed by atoms with van der Waals surface area (Å²) < 4.78 is 65.2. The van der Waals surface area contributed by atoms with Gasteiger partial charge in [0.05, 0.1) is 17.8 Å². The number of likely N-dealkylation sites (tertiary alicyclic amines) is 1. The number of pyridine rings is 1. The van der Waals surface area contributed by atoms with E-state index >= 15 is 0 Å². The standard InChI is InChI=1S/C16H19N5O.2C2HF3O2/c1-19-10-14(6-18-19)21-9-13-8-20(11-15(13)16(21)22)7-12-2-4-17-5-3-12;2*3-2(4,5)1(6)7/h2-6,10,13,15H,7-9,11H2,1H3;2*(H,6,7)/t13-,15-;;/m0../s1. The van der Waals surface area contributed by atoms with Crippen LogP contribution in [0.25, 0.3) is 0 Å². The van der Waals surface area contributed by atoms with Gasteiger partial charge in [-0.15, -0.1) is 0 Å². The number of hydrogen-bond donors (Lipinski definition) is 2. The van der Waals surface area contributed by atoms with E-state index in [1.54, 1.807) is 10.9 Å². The van der Waals surface area contributed by atoms with E-state index in [0.717, 1.165) is 31.9 Å². The van der Waals surface area contributed by atoms with Crippen LogP contribution in [0, 0.1) is 11.8 Å². The van der Waals surface area contributed by atoms with Crippen molar-refractivity contribution in [3.05, 3.63) is 42.5 Å². The number of alkyl halides is 6. The minimum Gasteiger partial charge on any atom is -0.475 e. The molecule has 198 valence electrons. The predicted octanol–water partition coefficient (Wildman–Crippen LogP) is 2.18. The van der Waals surface area contributed by atoms with Crippen molar-refractivity contribution in [1.82, 2.24) is 19.7 Å². The van der Waals surface area contributed by atoms with Gasteiger partial charge < -0.3 is 15.1 Å². The summed E-state index contributed by atoms with van der Waals surface area (Å²) in [5.41, 5.74) is 2.18. The molecular formula is C20H21F6N5O5. The number of carbonyl (C=O) groups is 3. The zero-order valence-corrected chi connectivity index (χ0v) is 18.6. The van der Waals surface area contributed by atoms with Gasteiger partial charge in [0.15, 0.2) is 0 Å². The number of carbonyl (C=O) groups excluding carboxylic acids is 1. The third kappa shape index (κ3) is 7.93. The number of fused-ring (bicyclic) bond motifs is 1. The SMILES string of the molecule is Cn1cc(N2C[C@@H]3CN(Cc4ccncc4)C[C@@H]3C2=O)cn1.O=C(O)C(F)(F)F.O=C(O)C(F)(F)F. The van der Waals surface area contributed by atoms with Crippen LogP contribution in [0.5, 0.6) is 0 Å². The van der Waals surface area contributed by atoms with Crippen LogP contribution in [-0.4, -0.2) is 79.7 Å². The molecule has 2 aromatic heterocycles. The largest absolute Gasteiger partial charge is 0.490 e. The number of carboxylic acid groups (broad SMARTS) is 2. The van der Waals surface area contributed by atoms with Gasteiger partial charge in [-0.05, 0) is 17.7 Å². The summed E-state index contributed by atoms with van der Waals surface area (Å²) in [5, 5.41) is 18.4. The van der Waals surface area contributed by atoms with Gasteiger partial charge in [0.2, 0.25) is 5.91 Å². The van der Waals surface area contributed by atoms with Gasteiger partial charge in [-0.1, -0.05) is 0 Å². The normalized spacial score (nSPS) is 19.6. The molecule has 0 unspecified atom stereocenters. The summed E-state index contributed by atoms with van der Waals surface area (Å²) in [6, 6.07) is 4.08. The van der Waals surface area contributed by atoms with Crippen molar-refractivity contribution in [3.63, 3.8) is 0 Å². The van der Waals surface area contributed by atoms with Crippen LogP contribution in [0.4, 0.5) is 32.0 Å². The predicted molar refractivity (Wildman–Crippen MR) is 109 cm³/mol. The number of aryl methyl sites for hydroxylation is 1. The highest BCUT2D eigenvalue weighted by molar-refractivity contribution is 5.97. The van der Waals surface area contributed by atoms with Gasteiger partial charge in [-0.2, -0.15) is 31.4 Å². The third-order valence-corrected chi connectivity index (χ3v) is 5.16. The van der Waals surface area contributed by atoms with Crippen LogP contribution in [0.2, 0.25) is 0 Å². The van der Waals surface area contributed by atoms with Crippen molar-refractivity contribution in [2.24, 2.45) is 18.9 Å². The smallest absolute Gasteiger partial charge is 0.475 e. The first-order valence-electron chi connectivity index (χ1n) is 10.1. The van der Waals surface area contributed by atoms with Gasteiger partial charge in [0.25, 0.3) is 0 Å². The fourth-order valence-corrected chi connectivity index (χ4v) is 3.61. The average Bonchev–Trinajstić information content (AvgIpc) is 3.44. The van der Waals surface area contributed by atoms with Crippen LogP contribution in [0.15, 0.2) is 36.9 Å². The highest BCUT2D eigenvalue weighted by atomic mass is 19.4. The van der Waals surface area contributed by atoms with Gasteiger partial charge >= 0.3 is 24.3 Å². The summed E-state index contributed by atoms with van der Waals surface area (Å²) in [5.74, 6) is -4.72. The van der Waals surface area contributed by atoms with Crippen molar-refractivity contribution in [3.8, 4) is 0 Å². The van der Waals surface area contributed by atoms with Gasteiger partial charge in [-0.25, -0.2) is 9.59 Å². The topological polar surface area (TPSA) is 129 Å². The Morgan fingerprint density at radius 3 is 1.94 bits per heavy atom. The highest BCUT2D eigenvalue weighted by Gasteiger charge is 2.46. The summed E-state index contributed by atoms with van der Waals surface area (Å²) in [7, 11) is 1.88. The molecule has 4 heterocycles. The molecule has 0 bridgehead atoms. The third-order valence-electron chi connectivity index (χ3n) is 5.16. The molecule has 2 N–H and O–H groups in total. The van der Waals surface area contributed by atoms with Crippen LogP contribution in [0.1, 0.15) is 5.56 Å². The van der Waals surface area contributed by atoms with Crippen molar-refractivity contribution in [2.75, 3.05) is 24.5 Å². The Bertz CT molecular complexity index is 1040. The molecule has 0 aliphatic carbocycles. The quantitative estimate of drug-likeness (QED) is 0.584. The monoisotopic (exact) mass is 525 g/mol. The van der Waals surface area contributed by atoms with Crippen molar-refractivity contribution in [2.45, 2.75) is 18.9 Å². The lowest BCUT2D eigenvalue weighted by Gasteiger charge is -2.20. The lowest BCUT2D eigenvalue weighted by atomic mass is 10.0. The Balaban J connectivity index is 0.000000271. The molecule has 16 heteroatoms. The second kappa shape index (κ2) is 11.4. The zero-order valence-electron chi connectivity index (χ0n) is 18.6. The first-order valence-corrected chi connectivity index (χ1v) is 10.1. The second-order valence-corrected chi connectivity index (χ2v) is 7.84.